The summed E-state index contributed by atoms with van der Waals surface area (Å²) >= 11 is 8.25. The summed E-state index contributed by atoms with van der Waals surface area (Å²) in [6, 6.07) is 5.06. The van der Waals surface area contributed by atoms with E-state index in [2.05, 4.69) is 43.5 Å². The fraction of sp³-hybridized carbons (Fsp3) is 0.211. The first-order valence-electron chi connectivity index (χ1n) is 8.58. The molecule has 1 aliphatic heterocycles. The molecule has 0 aromatic carbocycles. The minimum Gasteiger partial charge on any atom is -0.463 e. The van der Waals surface area contributed by atoms with E-state index in [1.165, 1.54) is 22.7 Å². The predicted octanol–water partition coefficient (Wildman–Crippen LogP) is 3.82. The van der Waals surface area contributed by atoms with Crippen molar-refractivity contribution in [2.75, 3.05) is 6.61 Å². The van der Waals surface area contributed by atoms with Crippen LogP contribution in [0, 0.1) is 3.77 Å². The van der Waals surface area contributed by atoms with Crippen LogP contribution in [0.3, 0.4) is 0 Å². The average Bonchev–Trinajstić information content (AvgIpc) is 3.36. The van der Waals surface area contributed by atoms with Gasteiger partial charge < -0.3 is 9.15 Å². The number of thiophene rings is 1. The van der Waals surface area contributed by atoms with Crippen LogP contribution in [-0.2, 0) is 9.53 Å². The van der Waals surface area contributed by atoms with Crippen molar-refractivity contribution in [2.24, 2.45) is 4.99 Å². The van der Waals surface area contributed by atoms with Gasteiger partial charge in [-0.25, -0.2) is 9.79 Å². The third-order valence-corrected chi connectivity index (χ3v) is 8.31. The van der Waals surface area contributed by atoms with Crippen molar-refractivity contribution in [3.8, 4) is 0 Å². The van der Waals surface area contributed by atoms with Crippen molar-refractivity contribution >= 4 is 73.2 Å². The molecule has 3 aromatic heterocycles. The summed E-state index contributed by atoms with van der Waals surface area (Å²) in [4.78, 5) is 32.0. The van der Waals surface area contributed by atoms with E-state index in [1.807, 2.05) is 23.6 Å². The van der Waals surface area contributed by atoms with Crippen LogP contribution in [0.25, 0.3) is 6.08 Å². The molecule has 0 bridgehead atoms. The predicted molar refractivity (Wildman–Crippen MR) is 124 cm³/mol. The van der Waals surface area contributed by atoms with Crippen LogP contribution >= 0.6 is 61.2 Å². The smallest absolute Gasteiger partial charge is 0.338 e. The zero-order chi connectivity index (χ0) is 20.7. The molecule has 4 rings (SSSR count). The van der Waals surface area contributed by atoms with E-state index >= 15 is 0 Å². The minimum absolute atomic E-state index is 0.219. The van der Waals surface area contributed by atoms with Gasteiger partial charge in [-0.2, -0.15) is 0 Å². The fourth-order valence-corrected chi connectivity index (χ4v) is 5.64. The van der Waals surface area contributed by atoms with Crippen LogP contribution in [0.1, 0.15) is 30.5 Å². The number of allylic oxidation sites excluding steroid dienone is 1. The lowest BCUT2D eigenvalue weighted by Gasteiger charge is -2.23. The number of thiazole rings is 1. The monoisotopic (exact) mass is 604 g/mol. The van der Waals surface area contributed by atoms with E-state index in [1.54, 1.807) is 24.5 Å². The second kappa shape index (κ2) is 8.32. The zero-order valence-corrected chi connectivity index (χ0v) is 20.6. The summed E-state index contributed by atoms with van der Waals surface area (Å²) in [7, 11) is 0. The summed E-state index contributed by atoms with van der Waals surface area (Å²) < 4.78 is 14.5. The molecular formula is C19H14BrIN2O4S2. The van der Waals surface area contributed by atoms with Gasteiger partial charge in [-0.15, -0.1) is 11.3 Å². The van der Waals surface area contributed by atoms with Crippen LogP contribution in [0.4, 0.5) is 0 Å². The third kappa shape index (κ3) is 3.82. The maximum absolute atomic E-state index is 13.3. The Morgan fingerprint density at radius 3 is 2.93 bits per heavy atom. The van der Waals surface area contributed by atoms with Gasteiger partial charge in [-0.3, -0.25) is 9.36 Å². The van der Waals surface area contributed by atoms with E-state index in [4.69, 9.17) is 9.15 Å². The highest BCUT2D eigenvalue weighted by Crippen LogP contribution is 2.33. The van der Waals surface area contributed by atoms with Crippen molar-refractivity contribution in [2.45, 2.75) is 19.9 Å². The Hall–Kier alpha value is -1.50. The molecule has 150 valence electrons. The van der Waals surface area contributed by atoms with Gasteiger partial charge in [0, 0.05) is 33.5 Å². The molecule has 10 heteroatoms. The molecule has 0 amide bonds. The Kier molecular flexibility index (Phi) is 5.96. The van der Waals surface area contributed by atoms with Gasteiger partial charge in [0.05, 0.1) is 26.9 Å². The van der Waals surface area contributed by atoms with Crippen LogP contribution in [-0.4, -0.2) is 17.1 Å². The van der Waals surface area contributed by atoms with E-state index in [-0.39, 0.29) is 12.2 Å². The van der Waals surface area contributed by atoms with Crippen LogP contribution < -0.4 is 14.9 Å². The number of carbonyl (C=O) groups excluding carboxylic acids is 1. The molecule has 0 saturated carbocycles. The molecule has 0 fully saturated rings. The van der Waals surface area contributed by atoms with E-state index < -0.39 is 12.0 Å². The highest BCUT2D eigenvalue weighted by Gasteiger charge is 2.33. The second-order valence-corrected chi connectivity index (χ2v) is 9.91. The number of furan rings is 1. The van der Waals surface area contributed by atoms with Gasteiger partial charge in [-0.05, 0) is 47.3 Å². The number of hydrogen-bond donors (Lipinski definition) is 0. The Labute approximate surface area is 195 Å². The lowest BCUT2D eigenvalue weighted by atomic mass is 10.0. The molecule has 29 heavy (non-hydrogen) atoms. The number of nitrogens with zero attached hydrogens (tertiary/aromatic N) is 2. The van der Waals surface area contributed by atoms with Crippen molar-refractivity contribution in [3.05, 3.63) is 73.4 Å². The maximum atomic E-state index is 13.3. The summed E-state index contributed by atoms with van der Waals surface area (Å²) in [5.74, 6) is 0.117. The maximum Gasteiger partial charge on any atom is 0.338 e. The number of fused-ring (bicyclic) bond motifs is 1. The largest absolute Gasteiger partial charge is 0.463 e. The Bertz CT molecular complexity index is 1280. The van der Waals surface area contributed by atoms with Crippen molar-refractivity contribution in [1.82, 2.24) is 4.57 Å². The molecular weight excluding hydrogens is 591 g/mol. The first-order valence-corrected chi connectivity index (χ1v) is 12.2. The van der Waals surface area contributed by atoms with E-state index in [0.29, 0.717) is 30.1 Å². The first-order chi connectivity index (χ1) is 13.9. The number of esters is 1. The van der Waals surface area contributed by atoms with E-state index in [9.17, 15) is 9.59 Å². The van der Waals surface area contributed by atoms with E-state index in [0.717, 1.165) is 9.35 Å². The van der Waals surface area contributed by atoms with Gasteiger partial charge in [-0.1, -0.05) is 17.4 Å². The van der Waals surface area contributed by atoms with Crippen molar-refractivity contribution in [1.29, 1.82) is 0 Å². The number of rotatable bonds is 4. The molecule has 0 N–H and O–H groups in total. The van der Waals surface area contributed by atoms with Gasteiger partial charge >= 0.3 is 5.97 Å². The Morgan fingerprint density at radius 2 is 2.31 bits per heavy atom. The summed E-state index contributed by atoms with van der Waals surface area (Å²) in [6.07, 6.45) is 1.70. The summed E-state index contributed by atoms with van der Waals surface area (Å²) in [6.45, 7) is 3.78. The average molecular weight is 605 g/mol. The topological polar surface area (TPSA) is 73.8 Å². The Morgan fingerprint density at radius 1 is 1.52 bits per heavy atom. The third-order valence-electron chi connectivity index (χ3n) is 4.27. The van der Waals surface area contributed by atoms with Gasteiger partial charge in [0.25, 0.3) is 5.56 Å². The Balaban J connectivity index is 1.94. The van der Waals surface area contributed by atoms with Crippen molar-refractivity contribution in [3.63, 3.8) is 0 Å². The molecule has 4 heterocycles. The molecule has 3 aromatic rings. The van der Waals surface area contributed by atoms with Gasteiger partial charge in [0.1, 0.15) is 11.8 Å². The lowest BCUT2D eigenvalue weighted by molar-refractivity contribution is -0.139. The lowest BCUT2D eigenvalue weighted by Crippen LogP contribution is -2.39. The quantitative estimate of drug-likeness (QED) is 0.335. The van der Waals surface area contributed by atoms with Crippen LogP contribution in [0.2, 0.25) is 0 Å². The molecule has 0 radical (unpaired) electrons. The molecule has 1 atom stereocenters. The highest BCUT2D eigenvalue weighted by atomic mass is 127. The molecule has 1 aliphatic rings. The number of carbonyl (C=O) groups is 1. The number of aromatic nitrogens is 1. The number of hydrogen-bond acceptors (Lipinski definition) is 7. The van der Waals surface area contributed by atoms with Crippen LogP contribution in [0.5, 0.6) is 0 Å². The first kappa shape index (κ1) is 20.8. The SMILES string of the molecule is CCOC(=O)C1=C(C)N=c2sc(=Cc3cc(Br)c(I)o3)c(=O)n2C1c1cccs1. The zero-order valence-electron chi connectivity index (χ0n) is 15.3. The molecule has 0 spiro atoms. The standard InChI is InChI=1S/C19H14BrIN2O4S2/c1-3-26-18(25)14-9(2)22-19-23(15(14)12-5-4-6-28-12)17(24)13(29-19)8-10-7-11(20)16(21)27-10/h4-8,15H,3H2,1-2H3. The van der Waals surface area contributed by atoms with Crippen LogP contribution in [0.15, 0.2) is 53.5 Å². The summed E-state index contributed by atoms with van der Waals surface area (Å²) in [5, 5.41) is 1.92. The van der Waals surface area contributed by atoms with Gasteiger partial charge in [0.15, 0.2) is 8.57 Å². The number of ether oxygens (including phenoxy) is 1. The highest BCUT2D eigenvalue weighted by molar-refractivity contribution is 14.1. The molecule has 1 unspecified atom stereocenters. The van der Waals surface area contributed by atoms with Crippen molar-refractivity contribution < 1.29 is 13.9 Å². The second-order valence-electron chi connectivity index (χ2n) is 6.09. The number of halogens is 2. The normalized spacial score (nSPS) is 16.7. The van der Waals surface area contributed by atoms with Gasteiger partial charge in [0.2, 0.25) is 0 Å². The molecule has 0 aliphatic carbocycles. The minimum atomic E-state index is -0.559. The molecule has 0 saturated heterocycles. The summed E-state index contributed by atoms with van der Waals surface area (Å²) in [5.41, 5.74) is 0.734. The fourth-order valence-electron chi connectivity index (χ4n) is 3.07. The molecule has 6 nitrogen and oxygen atoms in total.